The van der Waals surface area contributed by atoms with Crippen molar-refractivity contribution in [2.24, 2.45) is 17.6 Å². The van der Waals surface area contributed by atoms with Crippen LogP contribution in [0.15, 0.2) is 121 Å². The van der Waals surface area contributed by atoms with Crippen molar-refractivity contribution in [2.75, 3.05) is 80.7 Å². The molecule has 0 aromatic heterocycles. The average Bonchev–Trinajstić information content (AvgIpc) is 3.48. The Morgan fingerprint density at radius 2 is 0.884 bits per heavy atom. The van der Waals surface area contributed by atoms with Gasteiger partial charge in [-0.1, -0.05) is 88.4 Å². The third-order valence-electron chi connectivity index (χ3n) is 14.4. The number of urea groups is 1. The van der Waals surface area contributed by atoms with Gasteiger partial charge >= 0.3 is 12.1 Å². The van der Waals surface area contributed by atoms with Crippen LogP contribution in [-0.2, 0) is 42.3 Å². The maximum absolute atomic E-state index is 13.3. The molecular weight excluding hydrogens is 1350 g/mol. The molecule has 0 bridgehead atoms. The SMILES string of the molecule is CC(=O)Cl.CC(C)COc1ccc(CN)cc1.CC(C)COc1ccc(CNC(=O)N(Cc2ccc(F)cc2)C2CCN(C)CC2)cc1.CN1CCC(NCc2ccc(F)cc2)CC1.COC(=O)N(Cc1ccc(F)cc1)C1CCN(C)CC1.II. The zero-order chi connectivity index (χ0) is 63.4. The molecule has 0 aliphatic carbocycles. The lowest BCUT2D eigenvalue weighted by Gasteiger charge is -2.37. The van der Waals surface area contributed by atoms with Gasteiger partial charge in [0.2, 0.25) is 5.24 Å². The summed E-state index contributed by atoms with van der Waals surface area (Å²) in [6.07, 6.45) is 5.85. The van der Waals surface area contributed by atoms with Crippen LogP contribution in [0.1, 0.15) is 101 Å². The minimum atomic E-state index is -0.361. The molecule has 3 saturated heterocycles. The van der Waals surface area contributed by atoms with E-state index in [0.29, 0.717) is 50.7 Å². The van der Waals surface area contributed by atoms with E-state index in [-0.39, 0.29) is 46.9 Å². The third-order valence-corrected chi connectivity index (χ3v) is 14.4. The van der Waals surface area contributed by atoms with E-state index in [1.54, 1.807) is 29.2 Å². The van der Waals surface area contributed by atoms with E-state index in [2.05, 4.69) is 123 Å². The molecule has 3 heterocycles. The minimum Gasteiger partial charge on any atom is -0.493 e. The van der Waals surface area contributed by atoms with Crippen LogP contribution < -0.4 is 25.8 Å². The first kappa shape index (κ1) is 75.5. The average molecular weight is 1440 g/mol. The second-order valence-electron chi connectivity index (χ2n) is 22.7. The highest BCUT2D eigenvalue weighted by Gasteiger charge is 2.29. The predicted molar refractivity (Wildman–Crippen MR) is 359 cm³/mol. The van der Waals surface area contributed by atoms with Gasteiger partial charge in [0.1, 0.15) is 29.0 Å². The molecule has 0 atom stereocenters. The lowest BCUT2D eigenvalue weighted by atomic mass is 10.0. The Balaban J connectivity index is 0.000000305. The number of piperidine rings is 3. The van der Waals surface area contributed by atoms with Gasteiger partial charge in [0.15, 0.2) is 0 Å². The topological polar surface area (TPSA) is 145 Å². The number of amides is 3. The number of nitrogens with two attached hydrogens (primary N) is 1. The van der Waals surface area contributed by atoms with Crippen LogP contribution in [0.25, 0.3) is 0 Å². The summed E-state index contributed by atoms with van der Waals surface area (Å²) in [5.41, 5.74) is 10.6. The van der Waals surface area contributed by atoms with E-state index in [1.165, 1.54) is 76.4 Å². The monoisotopic (exact) mass is 1440 g/mol. The van der Waals surface area contributed by atoms with Gasteiger partial charge in [-0.2, -0.15) is 0 Å². The quantitative estimate of drug-likeness (QED) is 0.0569. The molecule has 20 heteroatoms. The van der Waals surface area contributed by atoms with Gasteiger partial charge in [0, 0.05) is 95.0 Å². The Morgan fingerprint density at radius 3 is 1.26 bits per heavy atom. The summed E-state index contributed by atoms with van der Waals surface area (Å²) in [6.45, 7) is 20.3. The molecule has 5 aromatic rings. The first-order chi connectivity index (χ1) is 41.2. The maximum Gasteiger partial charge on any atom is 0.410 e. The van der Waals surface area contributed by atoms with Crippen LogP contribution in [-0.4, -0.2) is 141 Å². The van der Waals surface area contributed by atoms with E-state index in [4.69, 9.17) is 19.9 Å². The number of carbonyl (C=O) groups is 3. The van der Waals surface area contributed by atoms with E-state index in [0.717, 1.165) is 104 Å². The normalized spacial score (nSPS) is 14.9. The second-order valence-corrected chi connectivity index (χ2v) is 23.2. The second kappa shape index (κ2) is 43.0. The molecular formula is C66H94ClF3I2N8O6. The van der Waals surface area contributed by atoms with Crippen molar-refractivity contribution in [1.82, 2.24) is 35.1 Å². The number of likely N-dealkylation sites (tertiary alicyclic amines) is 3. The van der Waals surface area contributed by atoms with E-state index in [1.807, 2.05) is 65.6 Å². The van der Waals surface area contributed by atoms with Crippen LogP contribution in [0.4, 0.5) is 22.8 Å². The highest BCUT2D eigenvalue weighted by molar-refractivity contribution is 15.0. The van der Waals surface area contributed by atoms with Crippen molar-refractivity contribution in [3.63, 3.8) is 0 Å². The van der Waals surface area contributed by atoms with Gasteiger partial charge in [0.05, 0.1) is 20.3 Å². The fourth-order valence-electron chi connectivity index (χ4n) is 9.32. The summed E-state index contributed by atoms with van der Waals surface area (Å²) in [5, 5.41) is 6.24. The number of hydrogen-bond donors (Lipinski definition) is 3. The number of rotatable bonds is 18. The zero-order valence-corrected chi connectivity index (χ0v) is 57.0. The number of ether oxygens (including phenoxy) is 3. The zero-order valence-electron chi connectivity index (χ0n) is 51.9. The molecule has 86 heavy (non-hydrogen) atoms. The molecule has 0 unspecified atom stereocenters. The lowest BCUT2D eigenvalue weighted by molar-refractivity contribution is -0.109. The number of halogens is 6. The summed E-state index contributed by atoms with van der Waals surface area (Å²) in [4.78, 5) is 44.9. The molecule has 476 valence electrons. The van der Waals surface area contributed by atoms with Crippen molar-refractivity contribution in [1.29, 1.82) is 0 Å². The number of nitrogens with zero attached hydrogens (tertiary/aromatic N) is 5. The first-order valence-corrected chi connectivity index (χ1v) is 36.2. The highest BCUT2D eigenvalue weighted by atomic mass is 128. The number of nitrogens with one attached hydrogen (secondary N) is 2. The molecule has 3 amide bonds. The van der Waals surface area contributed by atoms with Crippen LogP contribution >= 0.6 is 48.8 Å². The van der Waals surface area contributed by atoms with Crippen LogP contribution in [0.5, 0.6) is 11.5 Å². The van der Waals surface area contributed by atoms with Gasteiger partial charge in [-0.25, -0.2) is 22.8 Å². The summed E-state index contributed by atoms with van der Waals surface area (Å²) in [6, 6.07) is 36.0. The molecule has 8 rings (SSSR count). The van der Waals surface area contributed by atoms with Gasteiger partial charge in [-0.15, -0.1) is 0 Å². The maximum atomic E-state index is 13.3. The Hall–Kier alpha value is -4.75. The van der Waals surface area contributed by atoms with Crippen molar-refractivity contribution in [2.45, 2.75) is 124 Å². The summed E-state index contributed by atoms with van der Waals surface area (Å²) < 4.78 is 55.1. The molecule has 0 radical (unpaired) electrons. The lowest BCUT2D eigenvalue weighted by Crippen LogP contribution is -2.49. The van der Waals surface area contributed by atoms with Gasteiger partial charge in [-0.05, 0) is 211 Å². The minimum absolute atomic E-state index is 0.0842. The van der Waals surface area contributed by atoms with Crippen LogP contribution in [0, 0.1) is 29.3 Å². The highest BCUT2D eigenvalue weighted by Crippen LogP contribution is 2.22. The molecule has 0 saturated carbocycles. The first-order valence-electron chi connectivity index (χ1n) is 29.5. The van der Waals surface area contributed by atoms with E-state index in [9.17, 15) is 27.6 Å². The van der Waals surface area contributed by atoms with Crippen molar-refractivity contribution < 1.29 is 41.8 Å². The third kappa shape index (κ3) is 31.9. The molecule has 14 nitrogen and oxygen atoms in total. The van der Waals surface area contributed by atoms with Crippen molar-refractivity contribution >= 4 is 66.2 Å². The standard InChI is InChI=1S/C25H34FN3O2.C15H21FN2O2.C13H19FN2.C11H17NO.C2H3ClO.I2/c1-19(2)18-31-24-10-6-20(7-11-24)16-27-25(30)29(23-12-14-28(3)15-13-23)17-21-4-8-22(26)9-5-21;1-17-9-7-14(8-10-17)18(15(19)20-2)11-12-3-5-13(16)6-4-12;1-16-8-6-13(7-9-16)15-10-11-2-4-12(14)5-3-11;1-9(2)8-13-11-5-3-10(7-12)4-6-11;1-2(3)4;1-2/h4-11,19,23H,12-18H2,1-3H3,(H,27,30);3-6,14H,7-11H2,1-2H3;2-5,13,15H,6-10H2,1H3;3-6,9H,7-8,12H2,1-2H3;1H3;. The predicted octanol–water partition coefficient (Wildman–Crippen LogP) is 13.9. The summed E-state index contributed by atoms with van der Waals surface area (Å²) in [7, 11) is 7.75. The Morgan fingerprint density at radius 1 is 0.558 bits per heavy atom. The van der Waals surface area contributed by atoms with E-state index >= 15 is 0 Å². The van der Waals surface area contributed by atoms with Crippen LogP contribution in [0.3, 0.4) is 0 Å². The fraction of sp³-hybridized carbons (Fsp3) is 0.500. The number of benzene rings is 5. The Kier molecular flexibility index (Phi) is 37.8. The molecule has 3 fully saturated rings. The molecule has 0 spiro atoms. The largest absolute Gasteiger partial charge is 0.493 e. The molecule has 4 N–H and O–H groups in total. The summed E-state index contributed by atoms with van der Waals surface area (Å²) >= 11 is 8.88. The smallest absolute Gasteiger partial charge is 0.410 e. The van der Waals surface area contributed by atoms with E-state index < -0.39 is 0 Å². The Labute approximate surface area is 539 Å². The summed E-state index contributed by atoms with van der Waals surface area (Å²) in [5.74, 6) is 2.11. The van der Waals surface area contributed by atoms with Crippen LogP contribution in [0.2, 0.25) is 0 Å². The molecule has 3 aliphatic rings. The fourth-order valence-corrected chi connectivity index (χ4v) is 9.32. The number of hydrogen-bond acceptors (Lipinski definition) is 11. The van der Waals surface area contributed by atoms with Crippen molar-refractivity contribution in [3.8, 4) is 11.5 Å². The van der Waals surface area contributed by atoms with Gasteiger partial charge in [-0.3, -0.25) is 4.79 Å². The Bertz CT molecular complexity index is 2610. The van der Waals surface area contributed by atoms with Gasteiger partial charge < -0.3 is 55.1 Å². The number of carbonyl (C=O) groups excluding carboxylic acids is 3. The van der Waals surface area contributed by atoms with Crippen molar-refractivity contribution in [3.05, 3.63) is 167 Å². The number of methoxy groups -OCH3 is 1. The molecule has 3 aliphatic heterocycles. The van der Waals surface area contributed by atoms with Gasteiger partial charge in [0.25, 0.3) is 0 Å². The molecule has 5 aromatic carbocycles.